The third-order valence-corrected chi connectivity index (χ3v) is 5.30. The van der Waals surface area contributed by atoms with Crippen LogP contribution in [0.1, 0.15) is 30.9 Å². The lowest BCUT2D eigenvalue weighted by atomic mass is 10.0. The van der Waals surface area contributed by atoms with Gasteiger partial charge in [-0.3, -0.25) is 4.90 Å². The molecule has 0 bridgehead atoms. The van der Waals surface area contributed by atoms with Gasteiger partial charge in [0.15, 0.2) is 11.5 Å². The molecular formula is C21H24N4O3. The Morgan fingerprint density at radius 2 is 2.07 bits per heavy atom. The van der Waals surface area contributed by atoms with Crippen molar-refractivity contribution in [3.63, 3.8) is 0 Å². The Hall–Kier alpha value is -2.80. The van der Waals surface area contributed by atoms with Crippen LogP contribution in [-0.4, -0.2) is 32.9 Å². The van der Waals surface area contributed by atoms with Crippen molar-refractivity contribution in [3.8, 4) is 22.8 Å². The zero-order valence-corrected chi connectivity index (χ0v) is 16.2. The zero-order chi connectivity index (χ0) is 19.1. The Morgan fingerprint density at radius 3 is 2.96 bits per heavy atom. The van der Waals surface area contributed by atoms with Crippen LogP contribution in [0.15, 0.2) is 35.2 Å². The van der Waals surface area contributed by atoms with Gasteiger partial charge in [0.05, 0.1) is 12.0 Å². The van der Waals surface area contributed by atoms with Crippen LogP contribution in [0.5, 0.6) is 11.5 Å². The first-order valence-corrected chi connectivity index (χ1v) is 9.76. The number of hydrogen-bond acceptors (Lipinski definition) is 6. The van der Waals surface area contributed by atoms with E-state index >= 15 is 0 Å². The molecular weight excluding hydrogens is 356 g/mol. The number of imidazole rings is 1. The van der Waals surface area contributed by atoms with E-state index in [0.29, 0.717) is 5.92 Å². The van der Waals surface area contributed by atoms with Crippen molar-refractivity contribution < 1.29 is 14.0 Å². The van der Waals surface area contributed by atoms with Crippen molar-refractivity contribution in [2.24, 2.45) is 5.92 Å². The zero-order valence-electron chi connectivity index (χ0n) is 16.2. The second-order valence-electron chi connectivity index (χ2n) is 7.89. The van der Waals surface area contributed by atoms with Crippen molar-refractivity contribution in [2.45, 2.75) is 39.9 Å². The van der Waals surface area contributed by atoms with E-state index in [1.807, 2.05) is 30.7 Å². The Morgan fingerprint density at radius 1 is 1.18 bits per heavy atom. The molecule has 146 valence electrons. The number of fused-ring (bicyclic) bond motifs is 2. The molecule has 2 aromatic heterocycles. The molecule has 1 aromatic carbocycles. The highest BCUT2D eigenvalue weighted by molar-refractivity contribution is 5.67. The summed E-state index contributed by atoms with van der Waals surface area (Å²) < 4.78 is 18.8. The van der Waals surface area contributed by atoms with Gasteiger partial charge in [-0.05, 0) is 24.1 Å². The van der Waals surface area contributed by atoms with Gasteiger partial charge in [-0.15, -0.1) is 0 Å². The first kappa shape index (κ1) is 17.3. The summed E-state index contributed by atoms with van der Waals surface area (Å²) in [6.45, 7) is 8.36. The molecule has 0 aliphatic carbocycles. The van der Waals surface area contributed by atoms with E-state index in [0.717, 1.165) is 61.1 Å². The highest BCUT2D eigenvalue weighted by Gasteiger charge is 2.26. The fourth-order valence-electron chi connectivity index (χ4n) is 3.94. The van der Waals surface area contributed by atoms with Gasteiger partial charge >= 0.3 is 0 Å². The average molecular weight is 380 g/mol. The monoisotopic (exact) mass is 380 g/mol. The van der Waals surface area contributed by atoms with Gasteiger partial charge in [-0.1, -0.05) is 19.0 Å². The highest BCUT2D eigenvalue weighted by atomic mass is 16.7. The van der Waals surface area contributed by atoms with E-state index in [1.54, 1.807) is 0 Å². The van der Waals surface area contributed by atoms with E-state index in [1.165, 1.54) is 11.3 Å². The topological polar surface area (TPSA) is 65.6 Å². The number of benzene rings is 1. The second kappa shape index (κ2) is 6.98. The highest BCUT2D eigenvalue weighted by Crippen LogP contribution is 2.38. The van der Waals surface area contributed by atoms with Crippen molar-refractivity contribution in [1.29, 1.82) is 0 Å². The van der Waals surface area contributed by atoms with Crippen LogP contribution in [0.4, 0.5) is 0 Å². The standard InChI is InChI=1S/C21H24N4O3/c1-14(2)9-25-12-22-8-16(25)10-24-6-5-18-17(11-24)21(23-28-18)15-3-4-19-20(7-15)27-13-26-19/h3-4,7-8,12,14H,5-6,9-11,13H2,1-2H3. The van der Waals surface area contributed by atoms with Crippen LogP contribution in [0.2, 0.25) is 0 Å². The van der Waals surface area contributed by atoms with E-state index in [2.05, 4.69) is 33.5 Å². The normalized spacial score (nSPS) is 16.0. The van der Waals surface area contributed by atoms with Crippen LogP contribution in [-0.2, 0) is 26.1 Å². The first-order valence-electron chi connectivity index (χ1n) is 9.76. The lowest BCUT2D eigenvalue weighted by molar-refractivity contribution is 0.174. The maximum Gasteiger partial charge on any atom is 0.231 e. The predicted octanol–water partition coefficient (Wildman–Crippen LogP) is 3.48. The molecule has 0 fully saturated rings. The average Bonchev–Trinajstić information content (AvgIpc) is 3.40. The quantitative estimate of drug-likeness (QED) is 0.675. The smallest absolute Gasteiger partial charge is 0.231 e. The summed E-state index contributed by atoms with van der Waals surface area (Å²) >= 11 is 0. The number of aromatic nitrogens is 3. The molecule has 5 rings (SSSR count). The van der Waals surface area contributed by atoms with Crippen molar-refractivity contribution >= 4 is 0 Å². The Kier molecular flexibility index (Phi) is 4.31. The molecule has 7 heteroatoms. The van der Waals surface area contributed by atoms with Gasteiger partial charge in [0.1, 0.15) is 11.5 Å². The molecule has 0 atom stereocenters. The van der Waals surface area contributed by atoms with E-state index in [9.17, 15) is 0 Å². The molecule has 0 unspecified atom stereocenters. The van der Waals surface area contributed by atoms with Crippen molar-refractivity contribution in [3.05, 3.63) is 47.7 Å². The minimum absolute atomic E-state index is 0.271. The Balaban J connectivity index is 1.38. The summed E-state index contributed by atoms with van der Waals surface area (Å²) in [5.41, 5.74) is 4.31. The minimum atomic E-state index is 0.271. The fourth-order valence-corrected chi connectivity index (χ4v) is 3.94. The van der Waals surface area contributed by atoms with Crippen molar-refractivity contribution in [2.75, 3.05) is 13.3 Å². The predicted molar refractivity (Wildman–Crippen MR) is 103 cm³/mol. The summed E-state index contributed by atoms with van der Waals surface area (Å²) in [5.74, 6) is 3.12. The summed E-state index contributed by atoms with van der Waals surface area (Å²) in [6.07, 6.45) is 4.78. The maximum atomic E-state index is 5.65. The third kappa shape index (κ3) is 3.16. The molecule has 0 N–H and O–H groups in total. The fraction of sp³-hybridized carbons (Fsp3) is 0.429. The number of ether oxygens (including phenoxy) is 2. The summed E-state index contributed by atoms with van der Waals surface area (Å²) in [4.78, 5) is 6.79. The number of hydrogen-bond donors (Lipinski definition) is 0. The third-order valence-electron chi connectivity index (χ3n) is 5.30. The van der Waals surface area contributed by atoms with Crippen LogP contribution in [0.25, 0.3) is 11.3 Å². The molecule has 4 heterocycles. The van der Waals surface area contributed by atoms with Crippen LogP contribution in [0, 0.1) is 5.92 Å². The van der Waals surface area contributed by atoms with Gasteiger partial charge in [0.25, 0.3) is 0 Å². The van der Waals surface area contributed by atoms with Gasteiger partial charge in [0.2, 0.25) is 6.79 Å². The molecule has 0 radical (unpaired) electrons. The van der Waals surface area contributed by atoms with Gasteiger partial charge in [-0.25, -0.2) is 4.98 Å². The summed E-state index contributed by atoms with van der Waals surface area (Å²) in [5, 5.41) is 4.37. The number of rotatable bonds is 5. The van der Waals surface area contributed by atoms with E-state index < -0.39 is 0 Å². The molecule has 2 aliphatic heterocycles. The molecule has 2 aliphatic rings. The number of nitrogens with zero attached hydrogens (tertiary/aromatic N) is 4. The Labute approximate surface area is 163 Å². The lowest BCUT2D eigenvalue weighted by Crippen LogP contribution is -2.30. The van der Waals surface area contributed by atoms with E-state index in [-0.39, 0.29) is 6.79 Å². The van der Waals surface area contributed by atoms with Crippen LogP contribution >= 0.6 is 0 Å². The molecule has 28 heavy (non-hydrogen) atoms. The van der Waals surface area contributed by atoms with Crippen molar-refractivity contribution in [1.82, 2.24) is 19.6 Å². The molecule has 3 aromatic rings. The largest absolute Gasteiger partial charge is 0.454 e. The lowest BCUT2D eigenvalue weighted by Gasteiger charge is -2.26. The summed E-state index contributed by atoms with van der Waals surface area (Å²) in [7, 11) is 0. The Bertz CT molecular complexity index is 991. The molecule has 0 amide bonds. The molecule has 0 saturated heterocycles. The first-order chi connectivity index (χ1) is 13.7. The second-order valence-corrected chi connectivity index (χ2v) is 7.89. The molecule has 0 spiro atoms. The maximum absolute atomic E-state index is 5.65. The minimum Gasteiger partial charge on any atom is -0.454 e. The molecule has 7 nitrogen and oxygen atoms in total. The van der Waals surface area contributed by atoms with Crippen LogP contribution in [0.3, 0.4) is 0 Å². The summed E-state index contributed by atoms with van der Waals surface area (Å²) in [6, 6.07) is 5.93. The SMILES string of the molecule is CC(C)Cn1cncc1CN1CCc2onc(-c3ccc4c(c3)OCO4)c2C1. The van der Waals surface area contributed by atoms with Gasteiger partial charge in [-0.2, -0.15) is 0 Å². The van der Waals surface area contributed by atoms with Gasteiger partial charge < -0.3 is 18.6 Å². The van der Waals surface area contributed by atoms with Gasteiger partial charge in [0, 0.05) is 49.9 Å². The molecule has 0 saturated carbocycles. The van der Waals surface area contributed by atoms with E-state index in [4.69, 9.17) is 14.0 Å². The van der Waals surface area contributed by atoms with Crippen LogP contribution < -0.4 is 9.47 Å².